The minimum absolute atomic E-state index is 0.0707. The summed E-state index contributed by atoms with van der Waals surface area (Å²) in [5.41, 5.74) is 2.31. The van der Waals surface area contributed by atoms with Crippen LogP contribution < -0.4 is 0 Å². The van der Waals surface area contributed by atoms with Crippen LogP contribution in [0.15, 0.2) is 12.1 Å². The van der Waals surface area contributed by atoms with Gasteiger partial charge in [0.25, 0.3) is 0 Å². The summed E-state index contributed by atoms with van der Waals surface area (Å²) in [4.78, 5) is 0. The summed E-state index contributed by atoms with van der Waals surface area (Å²) < 4.78 is 0. The fourth-order valence-electron chi connectivity index (χ4n) is 2.22. The van der Waals surface area contributed by atoms with Crippen LogP contribution in [0.2, 0.25) is 0 Å². The molecule has 0 bridgehead atoms. The lowest BCUT2D eigenvalue weighted by Gasteiger charge is -2.23. The van der Waals surface area contributed by atoms with E-state index in [9.17, 15) is 10.2 Å². The van der Waals surface area contributed by atoms with E-state index in [1.165, 1.54) is 0 Å². The molecule has 2 nitrogen and oxygen atoms in total. The normalized spacial score (nSPS) is 18.2. The Morgan fingerprint density at radius 3 is 2.29 bits per heavy atom. The lowest BCUT2D eigenvalue weighted by molar-refractivity contribution is 0.149. The standard InChI is InChI=1S/C15H22O2/c1-10-5-6-12(14(2,3)4)13(16)11(10)9-15(17)7-8-15/h5-6,16-17H,7-9H2,1-4H3. The minimum atomic E-state index is -0.557. The van der Waals surface area contributed by atoms with Gasteiger partial charge < -0.3 is 10.2 Å². The summed E-state index contributed by atoms with van der Waals surface area (Å²) >= 11 is 0. The van der Waals surface area contributed by atoms with Crippen LogP contribution in [0.1, 0.15) is 50.3 Å². The van der Waals surface area contributed by atoms with Crippen LogP contribution in [0.25, 0.3) is 0 Å². The molecule has 1 aromatic carbocycles. The van der Waals surface area contributed by atoms with Gasteiger partial charge in [0.05, 0.1) is 5.60 Å². The second kappa shape index (κ2) is 3.74. The highest BCUT2D eigenvalue weighted by Gasteiger charge is 2.41. The number of phenolic OH excluding ortho intramolecular Hbond substituents is 1. The Hall–Kier alpha value is -1.02. The number of rotatable bonds is 2. The zero-order valence-corrected chi connectivity index (χ0v) is 11.2. The minimum Gasteiger partial charge on any atom is -0.507 e. The van der Waals surface area contributed by atoms with E-state index in [1.54, 1.807) is 0 Å². The SMILES string of the molecule is Cc1ccc(C(C)(C)C)c(O)c1CC1(O)CC1. The largest absolute Gasteiger partial charge is 0.507 e. The number of hydrogen-bond donors (Lipinski definition) is 2. The zero-order valence-electron chi connectivity index (χ0n) is 11.2. The molecular weight excluding hydrogens is 212 g/mol. The Morgan fingerprint density at radius 2 is 1.82 bits per heavy atom. The van der Waals surface area contributed by atoms with E-state index in [2.05, 4.69) is 20.8 Å². The van der Waals surface area contributed by atoms with Gasteiger partial charge in [-0.2, -0.15) is 0 Å². The molecule has 0 heterocycles. The van der Waals surface area contributed by atoms with Gasteiger partial charge >= 0.3 is 0 Å². The molecule has 2 N–H and O–H groups in total. The predicted octanol–water partition coefficient (Wildman–Crippen LogP) is 3.07. The van der Waals surface area contributed by atoms with E-state index in [0.29, 0.717) is 12.2 Å². The molecule has 0 saturated heterocycles. The van der Waals surface area contributed by atoms with E-state index in [0.717, 1.165) is 29.5 Å². The van der Waals surface area contributed by atoms with Gasteiger partial charge in [-0.05, 0) is 41.9 Å². The number of benzene rings is 1. The third kappa shape index (κ3) is 2.47. The summed E-state index contributed by atoms with van der Waals surface area (Å²) in [5, 5.41) is 20.4. The van der Waals surface area contributed by atoms with Gasteiger partial charge in [0, 0.05) is 6.42 Å². The molecule has 0 aromatic heterocycles. The first-order valence-electron chi connectivity index (χ1n) is 6.27. The van der Waals surface area contributed by atoms with E-state index >= 15 is 0 Å². The van der Waals surface area contributed by atoms with Crippen molar-refractivity contribution in [2.24, 2.45) is 0 Å². The van der Waals surface area contributed by atoms with Crippen LogP contribution in [0.4, 0.5) is 0 Å². The van der Waals surface area contributed by atoms with Crippen molar-refractivity contribution in [3.05, 3.63) is 28.8 Å². The number of aliphatic hydroxyl groups is 1. The Kier molecular flexibility index (Phi) is 2.74. The molecule has 0 spiro atoms. The van der Waals surface area contributed by atoms with Gasteiger partial charge in [0.1, 0.15) is 5.75 Å². The molecule has 0 unspecified atom stereocenters. The average Bonchev–Trinajstić information content (AvgIpc) is 2.89. The summed E-state index contributed by atoms with van der Waals surface area (Å²) in [7, 11) is 0. The first kappa shape index (κ1) is 12.4. The number of phenols is 1. The van der Waals surface area contributed by atoms with Crippen molar-refractivity contribution in [1.82, 2.24) is 0 Å². The molecule has 94 valence electrons. The summed E-state index contributed by atoms with van der Waals surface area (Å²) in [6.45, 7) is 8.26. The van der Waals surface area contributed by atoms with Crippen molar-refractivity contribution in [2.45, 2.75) is 58.0 Å². The average molecular weight is 234 g/mol. The molecule has 0 aliphatic heterocycles. The second-order valence-corrected chi connectivity index (χ2v) is 6.41. The van der Waals surface area contributed by atoms with Gasteiger partial charge in [0.2, 0.25) is 0 Å². The van der Waals surface area contributed by atoms with Gasteiger partial charge in [0.15, 0.2) is 0 Å². The fourth-order valence-corrected chi connectivity index (χ4v) is 2.22. The topological polar surface area (TPSA) is 40.5 Å². The highest BCUT2D eigenvalue weighted by Crippen LogP contribution is 2.43. The summed E-state index contributed by atoms with van der Waals surface area (Å²) in [5.74, 6) is 0.373. The molecule has 0 atom stereocenters. The van der Waals surface area contributed by atoms with E-state index < -0.39 is 5.60 Å². The molecule has 1 aromatic rings. The van der Waals surface area contributed by atoms with Crippen LogP contribution in [0.3, 0.4) is 0 Å². The first-order valence-corrected chi connectivity index (χ1v) is 6.27. The molecule has 1 aliphatic carbocycles. The Labute approximate surface area is 103 Å². The highest BCUT2D eigenvalue weighted by molar-refractivity contribution is 5.49. The van der Waals surface area contributed by atoms with Crippen molar-refractivity contribution in [2.75, 3.05) is 0 Å². The Bertz CT molecular complexity index is 437. The molecule has 2 rings (SSSR count). The Balaban J connectivity index is 2.43. The van der Waals surface area contributed by atoms with Crippen molar-refractivity contribution in [3.63, 3.8) is 0 Å². The van der Waals surface area contributed by atoms with Gasteiger partial charge in [-0.3, -0.25) is 0 Å². The number of hydrogen-bond acceptors (Lipinski definition) is 2. The molecule has 1 saturated carbocycles. The van der Waals surface area contributed by atoms with Gasteiger partial charge in [-0.25, -0.2) is 0 Å². The van der Waals surface area contributed by atoms with Crippen LogP contribution in [0.5, 0.6) is 5.75 Å². The zero-order chi connectivity index (χ0) is 12.8. The monoisotopic (exact) mass is 234 g/mol. The van der Waals surface area contributed by atoms with E-state index in [-0.39, 0.29) is 5.41 Å². The van der Waals surface area contributed by atoms with Crippen molar-refractivity contribution in [1.29, 1.82) is 0 Å². The predicted molar refractivity (Wildman–Crippen MR) is 69.4 cm³/mol. The number of aromatic hydroxyl groups is 1. The summed E-state index contributed by atoms with van der Waals surface area (Å²) in [6, 6.07) is 4.03. The maximum absolute atomic E-state index is 10.4. The molecule has 0 radical (unpaired) electrons. The van der Waals surface area contributed by atoms with Crippen LogP contribution in [0, 0.1) is 6.92 Å². The van der Waals surface area contributed by atoms with Crippen LogP contribution >= 0.6 is 0 Å². The first-order chi connectivity index (χ1) is 7.73. The van der Waals surface area contributed by atoms with Crippen molar-refractivity contribution < 1.29 is 10.2 Å². The maximum Gasteiger partial charge on any atom is 0.122 e. The molecule has 2 heteroatoms. The van der Waals surface area contributed by atoms with Gasteiger partial charge in [-0.1, -0.05) is 32.9 Å². The molecule has 1 fully saturated rings. The van der Waals surface area contributed by atoms with Crippen molar-refractivity contribution >= 4 is 0 Å². The molecule has 0 amide bonds. The van der Waals surface area contributed by atoms with E-state index in [4.69, 9.17) is 0 Å². The third-order valence-electron chi connectivity index (χ3n) is 3.66. The lowest BCUT2D eigenvalue weighted by Crippen LogP contribution is -2.16. The molecule has 17 heavy (non-hydrogen) atoms. The van der Waals surface area contributed by atoms with Gasteiger partial charge in [-0.15, -0.1) is 0 Å². The fraction of sp³-hybridized carbons (Fsp3) is 0.600. The lowest BCUT2D eigenvalue weighted by atomic mass is 9.83. The van der Waals surface area contributed by atoms with Crippen molar-refractivity contribution in [3.8, 4) is 5.75 Å². The van der Waals surface area contributed by atoms with Crippen LogP contribution in [-0.4, -0.2) is 15.8 Å². The van der Waals surface area contributed by atoms with Crippen LogP contribution in [-0.2, 0) is 11.8 Å². The third-order valence-corrected chi connectivity index (χ3v) is 3.66. The van der Waals surface area contributed by atoms with E-state index in [1.807, 2.05) is 19.1 Å². The highest BCUT2D eigenvalue weighted by atomic mass is 16.3. The Morgan fingerprint density at radius 1 is 1.24 bits per heavy atom. The molecular formula is C15H22O2. The smallest absolute Gasteiger partial charge is 0.122 e. The quantitative estimate of drug-likeness (QED) is 0.825. The number of aryl methyl sites for hydroxylation is 1. The second-order valence-electron chi connectivity index (χ2n) is 6.41. The molecule has 1 aliphatic rings. The summed E-state index contributed by atoms with van der Waals surface area (Å²) in [6.07, 6.45) is 2.28. The maximum atomic E-state index is 10.4.